The van der Waals surface area contributed by atoms with E-state index in [1.165, 1.54) is 5.56 Å². The number of thioether (sulfide) groups is 1. The number of H-pyrrole nitrogens is 1. The number of nitrogens with one attached hydrogen (secondary N) is 1. The molecular formula is C20H20N4S. The van der Waals surface area contributed by atoms with Crippen LogP contribution >= 0.6 is 11.8 Å². The minimum atomic E-state index is 0.877. The molecule has 4 nitrogen and oxygen atoms in total. The van der Waals surface area contributed by atoms with E-state index in [0.717, 1.165) is 45.3 Å². The zero-order valence-corrected chi connectivity index (χ0v) is 15.2. The maximum Gasteiger partial charge on any atom is 0.196 e. The van der Waals surface area contributed by atoms with Gasteiger partial charge in [-0.2, -0.15) is 0 Å². The number of aromatic nitrogens is 4. The molecule has 126 valence electrons. The SMILES string of the molecule is CCCSc1nnc(-c2c[nH]c3ccccc23)n1-c1cccc(C)c1. The van der Waals surface area contributed by atoms with Gasteiger partial charge in [-0.05, 0) is 37.1 Å². The van der Waals surface area contributed by atoms with Gasteiger partial charge < -0.3 is 4.98 Å². The number of hydrogen-bond donors (Lipinski definition) is 1. The van der Waals surface area contributed by atoms with Crippen LogP contribution in [0.1, 0.15) is 18.9 Å². The van der Waals surface area contributed by atoms with Crippen molar-refractivity contribution in [2.75, 3.05) is 5.75 Å². The average Bonchev–Trinajstić information content (AvgIpc) is 3.23. The number of benzene rings is 2. The summed E-state index contributed by atoms with van der Waals surface area (Å²) in [4.78, 5) is 3.34. The van der Waals surface area contributed by atoms with Crippen LogP contribution in [0.2, 0.25) is 0 Å². The van der Waals surface area contributed by atoms with Gasteiger partial charge in [-0.1, -0.05) is 49.0 Å². The fourth-order valence-corrected chi connectivity index (χ4v) is 3.79. The minimum Gasteiger partial charge on any atom is -0.360 e. The van der Waals surface area contributed by atoms with Gasteiger partial charge in [-0.15, -0.1) is 10.2 Å². The molecule has 0 spiro atoms. The summed E-state index contributed by atoms with van der Waals surface area (Å²) >= 11 is 1.75. The smallest absolute Gasteiger partial charge is 0.196 e. The van der Waals surface area contributed by atoms with E-state index in [4.69, 9.17) is 0 Å². The Morgan fingerprint density at radius 1 is 1.08 bits per heavy atom. The second-order valence-corrected chi connectivity index (χ2v) is 7.14. The van der Waals surface area contributed by atoms with Crippen molar-refractivity contribution < 1.29 is 0 Å². The van der Waals surface area contributed by atoms with Crippen LogP contribution in [0.3, 0.4) is 0 Å². The highest BCUT2D eigenvalue weighted by atomic mass is 32.2. The highest BCUT2D eigenvalue weighted by Crippen LogP contribution is 2.32. The summed E-state index contributed by atoms with van der Waals surface area (Å²) in [5.41, 5.74) is 4.51. The Morgan fingerprint density at radius 2 is 1.96 bits per heavy atom. The summed E-state index contributed by atoms with van der Waals surface area (Å²) in [6, 6.07) is 16.8. The lowest BCUT2D eigenvalue weighted by atomic mass is 10.1. The molecule has 0 saturated heterocycles. The molecule has 0 atom stereocenters. The summed E-state index contributed by atoms with van der Waals surface area (Å²) in [7, 11) is 0. The first kappa shape index (κ1) is 16.0. The molecule has 0 bridgehead atoms. The number of nitrogens with zero attached hydrogens (tertiary/aromatic N) is 3. The Balaban J connectivity index is 1.92. The topological polar surface area (TPSA) is 46.5 Å². The Labute approximate surface area is 151 Å². The lowest BCUT2D eigenvalue weighted by Gasteiger charge is -2.10. The van der Waals surface area contributed by atoms with Crippen molar-refractivity contribution in [2.24, 2.45) is 0 Å². The third kappa shape index (κ3) is 2.96. The molecule has 2 aromatic carbocycles. The molecule has 0 saturated carbocycles. The molecule has 0 aliphatic carbocycles. The van der Waals surface area contributed by atoms with Crippen LogP contribution in [-0.4, -0.2) is 25.5 Å². The van der Waals surface area contributed by atoms with Crippen molar-refractivity contribution in [1.82, 2.24) is 19.7 Å². The van der Waals surface area contributed by atoms with E-state index in [1.807, 2.05) is 12.3 Å². The van der Waals surface area contributed by atoms with E-state index < -0.39 is 0 Å². The minimum absolute atomic E-state index is 0.877. The van der Waals surface area contributed by atoms with Gasteiger partial charge in [-0.25, -0.2) is 0 Å². The van der Waals surface area contributed by atoms with Crippen molar-refractivity contribution in [1.29, 1.82) is 0 Å². The van der Waals surface area contributed by atoms with E-state index in [-0.39, 0.29) is 0 Å². The van der Waals surface area contributed by atoms with Crippen LogP contribution in [0.15, 0.2) is 59.9 Å². The first-order valence-electron chi connectivity index (χ1n) is 8.49. The first-order chi connectivity index (χ1) is 12.3. The Hall–Kier alpha value is -2.53. The molecule has 0 radical (unpaired) electrons. The fourth-order valence-electron chi connectivity index (χ4n) is 2.99. The highest BCUT2D eigenvalue weighted by molar-refractivity contribution is 7.99. The molecule has 4 rings (SSSR count). The molecule has 2 aromatic heterocycles. The summed E-state index contributed by atoms with van der Waals surface area (Å²) in [6.07, 6.45) is 3.13. The summed E-state index contributed by atoms with van der Waals surface area (Å²) in [5.74, 6) is 1.90. The van der Waals surface area contributed by atoms with Crippen LogP contribution in [-0.2, 0) is 0 Å². The monoisotopic (exact) mass is 348 g/mol. The maximum absolute atomic E-state index is 4.54. The van der Waals surface area contributed by atoms with E-state index in [1.54, 1.807) is 11.8 Å². The Kier molecular flexibility index (Phi) is 4.32. The normalized spacial score (nSPS) is 11.3. The molecule has 0 aliphatic rings. The zero-order chi connectivity index (χ0) is 17.2. The second-order valence-electron chi connectivity index (χ2n) is 6.08. The molecular weight excluding hydrogens is 328 g/mol. The number of aryl methyl sites for hydroxylation is 1. The number of aromatic amines is 1. The first-order valence-corrected chi connectivity index (χ1v) is 9.48. The molecule has 0 fully saturated rings. The van der Waals surface area contributed by atoms with Gasteiger partial charge in [0, 0.05) is 34.1 Å². The van der Waals surface area contributed by atoms with E-state index >= 15 is 0 Å². The number of rotatable bonds is 5. The van der Waals surface area contributed by atoms with Crippen molar-refractivity contribution in [3.63, 3.8) is 0 Å². The summed E-state index contributed by atoms with van der Waals surface area (Å²) < 4.78 is 2.17. The van der Waals surface area contributed by atoms with Crippen molar-refractivity contribution >= 4 is 22.7 Å². The third-order valence-electron chi connectivity index (χ3n) is 4.16. The van der Waals surface area contributed by atoms with Gasteiger partial charge in [0.2, 0.25) is 0 Å². The number of hydrogen-bond acceptors (Lipinski definition) is 3. The van der Waals surface area contributed by atoms with Crippen LogP contribution in [0, 0.1) is 6.92 Å². The van der Waals surface area contributed by atoms with Crippen LogP contribution < -0.4 is 0 Å². The Morgan fingerprint density at radius 3 is 2.80 bits per heavy atom. The van der Waals surface area contributed by atoms with Gasteiger partial charge in [0.15, 0.2) is 11.0 Å². The van der Waals surface area contributed by atoms with E-state index in [9.17, 15) is 0 Å². The van der Waals surface area contributed by atoms with Gasteiger partial charge in [0.05, 0.1) is 0 Å². The molecule has 0 unspecified atom stereocenters. The molecule has 2 heterocycles. The number of para-hydroxylation sites is 1. The lowest BCUT2D eigenvalue weighted by Crippen LogP contribution is -2.00. The summed E-state index contributed by atoms with van der Waals surface area (Å²) in [5, 5.41) is 11.1. The molecule has 25 heavy (non-hydrogen) atoms. The zero-order valence-electron chi connectivity index (χ0n) is 14.4. The second kappa shape index (κ2) is 6.76. The van der Waals surface area contributed by atoms with Gasteiger partial charge in [0.25, 0.3) is 0 Å². The molecule has 0 amide bonds. The highest BCUT2D eigenvalue weighted by Gasteiger charge is 2.18. The van der Waals surface area contributed by atoms with Gasteiger partial charge in [-0.3, -0.25) is 4.57 Å². The van der Waals surface area contributed by atoms with E-state index in [2.05, 4.69) is 76.1 Å². The van der Waals surface area contributed by atoms with Crippen LogP contribution in [0.25, 0.3) is 28.0 Å². The standard InChI is InChI=1S/C20H20N4S/c1-3-11-25-20-23-22-19(24(20)15-8-6-7-14(2)12-15)17-13-21-18-10-5-4-9-16(17)18/h4-10,12-13,21H,3,11H2,1-2H3. The molecule has 1 N–H and O–H groups in total. The molecule has 0 aliphatic heterocycles. The van der Waals surface area contributed by atoms with Gasteiger partial charge in [0.1, 0.15) is 0 Å². The van der Waals surface area contributed by atoms with Gasteiger partial charge >= 0.3 is 0 Å². The van der Waals surface area contributed by atoms with Crippen molar-refractivity contribution in [3.05, 3.63) is 60.3 Å². The van der Waals surface area contributed by atoms with Crippen molar-refractivity contribution in [2.45, 2.75) is 25.4 Å². The maximum atomic E-state index is 4.54. The third-order valence-corrected chi connectivity index (χ3v) is 5.29. The summed E-state index contributed by atoms with van der Waals surface area (Å²) in [6.45, 7) is 4.29. The van der Waals surface area contributed by atoms with Crippen LogP contribution in [0.4, 0.5) is 0 Å². The quantitative estimate of drug-likeness (QED) is 0.503. The fraction of sp³-hybridized carbons (Fsp3) is 0.200. The predicted molar refractivity (Wildman–Crippen MR) is 104 cm³/mol. The molecule has 4 aromatic rings. The predicted octanol–water partition coefficient (Wildman–Crippen LogP) is 5.23. The van der Waals surface area contributed by atoms with Crippen molar-refractivity contribution in [3.8, 4) is 17.1 Å². The Bertz CT molecular complexity index is 1020. The largest absolute Gasteiger partial charge is 0.360 e. The molecule has 5 heteroatoms. The van der Waals surface area contributed by atoms with E-state index in [0.29, 0.717) is 0 Å². The number of fused-ring (bicyclic) bond motifs is 1. The average molecular weight is 348 g/mol. The lowest BCUT2D eigenvalue weighted by molar-refractivity contribution is 0.883. The van der Waals surface area contributed by atoms with Crippen LogP contribution in [0.5, 0.6) is 0 Å².